The van der Waals surface area contributed by atoms with E-state index in [1.54, 1.807) is 0 Å². The van der Waals surface area contributed by atoms with Gasteiger partial charge in [-0.15, -0.1) is 11.6 Å². The topological polar surface area (TPSA) is 52.6 Å². The molecular formula is C20H35ClO4. The Morgan fingerprint density at radius 2 is 1.44 bits per heavy atom. The molecule has 0 bridgehead atoms. The Bertz CT molecular complexity index is 399. The van der Waals surface area contributed by atoms with Crippen LogP contribution in [0.4, 0.5) is 0 Å². The molecule has 0 aromatic rings. The molecule has 146 valence electrons. The lowest BCUT2D eigenvalue weighted by Gasteiger charge is -2.22. The monoisotopic (exact) mass is 374 g/mol. The molecule has 0 aliphatic carbocycles. The molecule has 0 aromatic heterocycles. The summed E-state index contributed by atoms with van der Waals surface area (Å²) in [5.41, 5.74) is 0.204. The third-order valence-electron chi connectivity index (χ3n) is 3.60. The first-order valence-corrected chi connectivity index (χ1v) is 9.85. The number of alkyl halides is 1. The van der Waals surface area contributed by atoms with Crippen molar-refractivity contribution in [1.29, 1.82) is 0 Å². The molecule has 0 fully saturated rings. The van der Waals surface area contributed by atoms with Crippen molar-refractivity contribution < 1.29 is 19.1 Å². The minimum absolute atomic E-state index is 0.204. The Kier molecular flexibility index (Phi) is 13.6. The van der Waals surface area contributed by atoms with Crippen LogP contribution in [0.2, 0.25) is 0 Å². The molecule has 0 aromatic carbocycles. The zero-order valence-electron chi connectivity index (χ0n) is 16.3. The number of carbonyl (C=O) groups is 2. The summed E-state index contributed by atoms with van der Waals surface area (Å²) in [5, 5.41) is 0. The van der Waals surface area contributed by atoms with Gasteiger partial charge in [0.05, 0.1) is 13.2 Å². The van der Waals surface area contributed by atoms with Crippen LogP contribution in [0.1, 0.15) is 72.6 Å². The Morgan fingerprint density at radius 1 is 0.920 bits per heavy atom. The fourth-order valence-electron chi connectivity index (χ4n) is 2.64. The molecule has 0 N–H and O–H groups in total. The molecule has 0 aliphatic heterocycles. The van der Waals surface area contributed by atoms with Gasteiger partial charge in [-0.3, -0.25) is 0 Å². The van der Waals surface area contributed by atoms with E-state index >= 15 is 0 Å². The molecule has 0 amide bonds. The van der Waals surface area contributed by atoms with Crippen molar-refractivity contribution in [2.24, 2.45) is 11.3 Å². The average Bonchev–Trinajstić information content (AvgIpc) is 2.52. The highest BCUT2D eigenvalue weighted by molar-refractivity contribution is 6.17. The molecule has 4 nitrogen and oxygen atoms in total. The number of carbonyl (C=O) groups excluding carboxylic acids is 2. The second-order valence-electron chi connectivity index (χ2n) is 7.81. The zero-order chi connectivity index (χ0) is 19.1. The first-order valence-electron chi connectivity index (χ1n) is 9.32. The van der Waals surface area contributed by atoms with Crippen LogP contribution < -0.4 is 0 Å². The van der Waals surface area contributed by atoms with Gasteiger partial charge in [0.15, 0.2) is 0 Å². The quantitative estimate of drug-likeness (QED) is 0.190. The van der Waals surface area contributed by atoms with E-state index in [9.17, 15) is 9.59 Å². The third-order valence-corrected chi connectivity index (χ3v) is 3.87. The molecule has 0 heterocycles. The van der Waals surface area contributed by atoms with Gasteiger partial charge in [0, 0.05) is 18.0 Å². The van der Waals surface area contributed by atoms with Crippen LogP contribution in [0, 0.1) is 11.3 Å². The van der Waals surface area contributed by atoms with Crippen molar-refractivity contribution in [2.75, 3.05) is 19.1 Å². The summed E-state index contributed by atoms with van der Waals surface area (Å²) in [7, 11) is 0. The molecule has 0 rings (SSSR count). The summed E-state index contributed by atoms with van der Waals surface area (Å²) in [6.45, 7) is 9.26. The Morgan fingerprint density at radius 3 is 2.00 bits per heavy atom. The summed E-state index contributed by atoms with van der Waals surface area (Å²) < 4.78 is 10.2. The van der Waals surface area contributed by atoms with Crippen molar-refractivity contribution >= 4 is 23.5 Å². The highest BCUT2D eigenvalue weighted by Crippen LogP contribution is 2.24. The second kappa shape index (κ2) is 14.2. The lowest BCUT2D eigenvalue weighted by molar-refractivity contribution is -0.141. The molecule has 0 saturated heterocycles. The van der Waals surface area contributed by atoms with E-state index < -0.39 is 11.9 Å². The maximum absolute atomic E-state index is 11.6. The van der Waals surface area contributed by atoms with Gasteiger partial charge in [0.25, 0.3) is 0 Å². The Labute approximate surface area is 158 Å². The number of unbranched alkanes of at least 4 members (excludes halogenated alkanes) is 5. The summed E-state index contributed by atoms with van der Waals surface area (Å²) in [6, 6.07) is 0. The van der Waals surface area contributed by atoms with Crippen LogP contribution in [-0.2, 0) is 19.1 Å². The van der Waals surface area contributed by atoms with Gasteiger partial charge >= 0.3 is 11.9 Å². The van der Waals surface area contributed by atoms with E-state index in [-0.39, 0.29) is 11.3 Å². The van der Waals surface area contributed by atoms with E-state index in [2.05, 4.69) is 20.8 Å². The molecule has 1 unspecified atom stereocenters. The number of rotatable bonds is 13. The fraction of sp³-hybridized carbons (Fsp3) is 0.800. The van der Waals surface area contributed by atoms with E-state index in [1.165, 1.54) is 6.42 Å². The number of hydrogen-bond donors (Lipinski definition) is 0. The van der Waals surface area contributed by atoms with E-state index in [0.29, 0.717) is 13.2 Å². The number of halogens is 1. The van der Waals surface area contributed by atoms with Gasteiger partial charge in [-0.2, -0.15) is 0 Å². The molecule has 0 radical (unpaired) electrons. The summed E-state index contributed by atoms with van der Waals surface area (Å²) in [5.74, 6) is 0.00888. The second-order valence-corrected chi connectivity index (χ2v) is 8.19. The van der Waals surface area contributed by atoms with Gasteiger partial charge in [-0.25, -0.2) is 9.59 Å². The van der Waals surface area contributed by atoms with Gasteiger partial charge in [-0.05, 0) is 30.6 Å². The zero-order valence-corrected chi connectivity index (χ0v) is 17.1. The van der Waals surface area contributed by atoms with Crippen LogP contribution in [-0.4, -0.2) is 31.0 Å². The van der Waals surface area contributed by atoms with Crippen molar-refractivity contribution in [3.8, 4) is 0 Å². The van der Waals surface area contributed by atoms with E-state index in [4.69, 9.17) is 21.1 Å². The first kappa shape index (κ1) is 24.0. The largest absolute Gasteiger partial charge is 0.463 e. The number of hydrogen-bond acceptors (Lipinski definition) is 4. The van der Waals surface area contributed by atoms with Crippen molar-refractivity contribution in [3.05, 3.63) is 12.2 Å². The highest BCUT2D eigenvalue weighted by atomic mass is 35.5. The molecular weight excluding hydrogens is 340 g/mol. The number of ether oxygens (including phenoxy) is 2. The fourth-order valence-corrected chi connectivity index (χ4v) is 2.83. The predicted octanol–water partition coefficient (Wildman–Crippen LogP) is 5.28. The lowest BCUT2D eigenvalue weighted by Crippen LogP contribution is -2.17. The minimum Gasteiger partial charge on any atom is -0.463 e. The first-order chi connectivity index (χ1) is 11.7. The Hall–Kier alpha value is -1.03. The standard InChI is InChI=1S/C20H35ClO4/c1-17(15-20(2,3)4)16-25-19(23)12-11-18(22)24-14-10-8-6-5-7-9-13-21/h11-12,17H,5-10,13-16H2,1-4H3/b12-11+. The van der Waals surface area contributed by atoms with Gasteiger partial charge in [0.2, 0.25) is 0 Å². The van der Waals surface area contributed by atoms with Crippen molar-refractivity contribution in [2.45, 2.75) is 72.6 Å². The lowest BCUT2D eigenvalue weighted by atomic mass is 9.86. The van der Waals surface area contributed by atoms with Crippen LogP contribution in [0.3, 0.4) is 0 Å². The normalized spacial score (nSPS) is 13.0. The number of esters is 2. The molecule has 25 heavy (non-hydrogen) atoms. The van der Waals surface area contributed by atoms with Crippen LogP contribution in [0.15, 0.2) is 12.2 Å². The summed E-state index contributed by atoms with van der Waals surface area (Å²) >= 11 is 5.61. The summed E-state index contributed by atoms with van der Waals surface area (Å²) in [6.07, 6.45) is 9.63. The van der Waals surface area contributed by atoms with Gasteiger partial charge < -0.3 is 9.47 Å². The Balaban J connectivity index is 3.71. The molecule has 0 saturated carbocycles. The highest BCUT2D eigenvalue weighted by Gasteiger charge is 2.16. The molecule has 0 spiro atoms. The third kappa shape index (κ3) is 17.6. The van der Waals surface area contributed by atoms with Crippen LogP contribution in [0.25, 0.3) is 0 Å². The summed E-state index contributed by atoms with van der Waals surface area (Å²) in [4.78, 5) is 23.1. The van der Waals surface area contributed by atoms with Crippen LogP contribution in [0.5, 0.6) is 0 Å². The minimum atomic E-state index is -0.503. The predicted molar refractivity (Wildman–Crippen MR) is 103 cm³/mol. The smallest absolute Gasteiger partial charge is 0.331 e. The van der Waals surface area contributed by atoms with Crippen molar-refractivity contribution in [3.63, 3.8) is 0 Å². The van der Waals surface area contributed by atoms with E-state index in [1.807, 2.05) is 6.92 Å². The molecule has 5 heteroatoms. The van der Waals surface area contributed by atoms with Crippen molar-refractivity contribution in [1.82, 2.24) is 0 Å². The van der Waals surface area contributed by atoms with E-state index in [0.717, 1.165) is 56.6 Å². The molecule has 1 atom stereocenters. The maximum Gasteiger partial charge on any atom is 0.331 e. The van der Waals surface area contributed by atoms with Crippen LogP contribution >= 0.6 is 11.6 Å². The SMILES string of the molecule is CC(COC(=O)/C=C/C(=O)OCCCCCCCCCl)CC(C)(C)C. The maximum atomic E-state index is 11.6. The average molecular weight is 375 g/mol. The van der Waals surface area contributed by atoms with Gasteiger partial charge in [0.1, 0.15) is 0 Å². The molecule has 0 aliphatic rings. The van der Waals surface area contributed by atoms with Gasteiger partial charge in [-0.1, -0.05) is 53.4 Å².